The molecule has 0 spiro atoms. The van der Waals surface area contributed by atoms with Gasteiger partial charge in [-0.3, -0.25) is 4.99 Å². The van der Waals surface area contributed by atoms with Gasteiger partial charge in [-0.25, -0.2) is 0 Å². The molecule has 0 bridgehead atoms. The standard InChI is InChI=1S/C18H19N/c1-18(13-8-14-18)19-17(15-9-4-2-5-10-15)16-11-6-3-7-12-16/h2-7,9-12H,8,13-14H2,1H3/i19+1. The molecule has 1 nitrogen and oxygen atoms in total. The van der Waals surface area contributed by atoms with Crippen LogP contribution in [0.1, 0.15) is 37.3 Å². The second-order valence-electron chi connectivity index (χ2n) is 5.54. The van der Waals surface area contributed by atoms with Crippen LogP contribution in [0.3, 0.4) is 0 Å². The summed E-state index contributed by atoms with van der Waals surface area (Å²) < 4.78 is 0. The first-order valence-corrected chi connectivity index (χ1v) is 6.98. The largest absolute Gasteiger partial charge is 0.278 e. The van der Waals surface area contributed by atoms with Crippen molar-refractivity contribution in [2.45, 2.75) is 31.7 Å². The average molecular weight is 250 g/mol. The molecule has 0 heterocycles. The van der Waals surface area contributed by atoms with E-state index in [0.29, 0.717) is 0 Å². The number of aliphatic imine (C=N–C) groups is 1. The van der Waals surface area contributed by atoms with Crippen LogP contribution in [0.5, 0.6) is 0 Å². The normalized spacial score (nSPS) is 16.5. The number of benzene rings is 2. The van der Waals surface area contributed by atoms with Crippen molar-refractivity contribution in [3.63, 3.8) is 0 Å². The van der Waals surface area contributed by atoms with Gasteiger partial charge in [0.25, 0.3) is 0 Å². The lowest BCUT2D eigenvalue weighted by atomic mass is 9.80. The van der Waals surface area contributed by atoms with E-state index >= 15 is 0 Å². The summed E-state index contributed by atoms with van der Waals surface area (Å²) in [5.41, 5.74) is 3.69. The molecular weight excluding hydrogens is 231 g/mol. The molecule has 0 N–H and O–H groups in total. The van der Waals surface area contributed by atoms with E-state index in [-0.39, 0.29) is 5.54 Å². The molecule has 0 aliphatic heterocycles. The molecule has 0 unspecified atom stereocenters. The average Bonchev–Trinajstić information content (AvgIpc) is 2.45. The Morgan fingerprint density at radius 1 is 0.842 bits per heavy atom. The number of rotatable bonds is 3. The van der Waals surface area contributed by atoms with Crippen molar-refractivity contribution in [3.05, 3.63) is 71.8 Å². The third-order valence-corrected chi connectivity index (χ3v) is 3.91. The molecule has 0 aromatic heterocycles. The molecule has 1 aliphatic carbocycles. The van der Waals surface area contributed by atoms with Crippen molar-refractivity contribution in [1.29, 1.82) is 0 Å². The summed E-state index contributed by atoms with van der Waals surface area (Å²) >= 11 is 0. The second kappa shape index (κ2) is 5.00. The van der Waals surface area contributed by atoms with Gasteiger partial charge in [-0.05, 0) is 26.2 Å². The Bertz CT molecular complexity index is 524. The fourth-order valence-electron chi connectivity index (χ4n) is 2.56. The SMILES string of the molecule is CC1([15N]=C(c2ccccc2)c2ccccc2)CCC1. The molecule has 96 valence electrons. The van der Waals surface area contributed by atoms with Crippen LogP contribution in [0.2, 0.25) is 0 Å². The minimum atomic E-state index is 0.140. The summed E-state index contributed by atoms with van der Waals surface area (Å²) in [6.45, 7) is 2.27. The fourth-order valence-corrected chi connectivity index (χ4v) is 2.56. The van der Waals surface area contributed by atoms with Crippen molar-refractivity contribution < 1.29 is 0 Å². The number of hydrogen-bond donors (Lipinski definition) is 0. The first-order valence-electron chi connectivity index (χ1n) is 6.98. The third-order valence-electron chi connectivity index (χ3n) is 3.91. The fraction of sp³-hybridized carbons (Fsp3) is 0.278. The molecule has 19 heavy (non-hydrogen) atoms. The number of nitrogens with zero attached hydrogens (tertiary/aromatic N) is 1. The van der Waals surface area contributed by atoms with Gasteiger partial charge in [0.2, 0.25) is 0 Å². The monoisotopic (exact) mass is 250 g/mol. The van der Waals surface area contributed by atoms with Crippen molar-refractivity contribution in [1.82, 2.24) is 0 Å². The molecule has 0 radical (unpaired) electrons. The predicted octanol–water partition coefficient (Wildman–Crippen LogP) is 4.47. The zero-order valence-electron chi connectivity index (χ0n) is 11.3. The second-order valence-corrected chi connectivity index (χ2v) is 5.54. The Morgan fingerprint density at radius 2 is 1.32 bits per heavy atom. The van der Waals surface area contributed by atoms with Gasteiger partial charge in [-0.2, -0.15) is 0 Å². The highest BCUT2D eigenvalue weighted by Crippen LogP contribution is 2.36. The van der Waals surface area contributed by atoms with Gasteiger partial charge in [0.05, 0.1) is 11.3 Å². The lowest BCUT2D eigenvalue weighted by Gasteiger charge is -2.35. The van der Waals surface area contributed by atoms with Crippen LogP contribution in [0.15, 0.2) is 65.7 Å². The molecule has 0 amide bonds. The van der Waals surface area contributed by atoms with E-state index in [2.05, 4.69) is 67.6 Å². The summed E-state index contributed by atoms with van der Waals surface area (Å²) in [6.07, 6.45) is 3.71. The van der Waals surface area contributed by atoms with E-state index < -0.39 is 0 Å². The minimum absolute atomic E-state index is 0.140. The van der Waals surface area contributed by atoms with Crippen molar-refractivity contribution in [2.24, 2.45) is 4.99 Å². The van der Waals surface area contributed by atoms with E-state index in [0.717, 1.165) is 5.71 Å². The molecule has 1 fully saturated rings. The van der Waals surface area contributed by atoms with Gasteiger partial charge in [0.1, 0.15) is 0 Å². The van der Waals surface area contributed by atoms with Crippen LogP contribution in [-0.4, -0.2) is 11.3 Å². The van der Waals surface area contributed by atoms with E-state index in [9.17, 15) is 0 Å². The molecule has 1 saturated carbocycles. The summed E-state index contributed by atoms with van der Waals surface area (Å²) in [7, 11) is 0. The predicted molar refractivity (Wildman–Crippen MR) is 80.8 cm³/mol. The quantitative estimate of drug-likeness (QED) is 0.563. The maximum atomic E-state index is 5.07. The Labute approximate surface area is 115 Å². The lowest BCUT2D eigenvalue weighted by Crippen LogP contribution is -2.32. The first-order chi connectivity index (χ1) is 9.27. The Morgan fingerprint density at radius 3 is 1.68 bits per heavy atom. The molecule has 2 aromatic rings. The molecule has 1 aliphatic rings. The number of hydrogen-bond acceptors (Lipinski definition) is 1. The van der Waals surface area contributed by atoms with Crippen LogP contribution < -0.4 is 0 Å². The molecule has 2 aromatic carbocycles. The summed E-state index contributed by atoms with van der Waals surface area (Å²) in [6, 6.07) is 21.0. The highest BCUT2D eigenvalue weighted by molar-refractivity contribution is 6.13. The van der Waals surface area contributed by atoms with Crippen LogP contribution in [0, 0.1) is 0 Å². The molecule has 0 atom stereocenters. The zero-order valence-corrected chi connectivity index (χ0v) is 11.3. The van der Waals surface area contributed by atoms with Gasteiger partial charge in [-0.1, -0.05) is 60.7 Å². The Balaban J connectivity index is 2.06. The van der Waals surface area contributed by atoms with Gasteiger partial charge in [0, 0.05) is 11.1 Å². The van der Waals surface area contributed by atoms with Crippen LogP contribution in [0.4, 0.5) is 0 Å². The van der Waals surface area contributed by atoms with Crippen LogP contribution in [-0.2, 0) is 0 Å². The Hall–Kier alpha value is -1.89. The van der Waals surface area contributed by atoms with E-state index in [1.54, 1.807) is 0 Å². The van der Waals surface area contributed by atoms with Gasteiger partial charge >= 0.3 is 0 Å². The minimum Gasteiger partial charge on any atom is -0.278 e. The van der Waals surface area contributed by atoms with E-state index in [4.69, 9.17) is 4.99 Å². The van der Waals surface area contributed by atoms with Crippen molar-refractivity contribution in [2.75, 3.05) is 0 Å². The van der Waals surface area contributed by atoms with Gasteiger partial charge < -0.3 is 0 Å². The molecular formula is C18H19N. The van der Waals surface area contributed by atoms with Crippen LogP contribution in [0.25, 0.3) is 0 Å². The summed E-state index contributed by atoms with van der Waals surface area (Å²) in [5.74, 6) is 0. The zero-order chi connectivity index (χ0) is 13.1. The van der Waals surface area contributed by atoms with E-state index in [1.165, 1.54) is 30.4 Å². The summed E-state index contributed by atoms with van der Waals surface area (Å²) in [5, 5.41) is 0. The maximum Gasteiger partial charge on any atom is 0.0725 e. The lowest BCUT2D eigenvalue weighted by molar-refractivity contribution is 0.280. The highest BCUT2D eigenvalue weighted by atomic mass is 15.6. The smallest absolute Gasteiger partial charge is 0.0725 e. The van der Waals surface area contributed by atoms with E-state index in [1.807, 2.05) is 0 Å². The van der Waals surface area contributed by atoms with Crippen LogP contribution >= 0.6 is 0 Å². The topological polar surface area (TPSA) is 12.4 Å². The third kappa shape index (κ3) is 2.60. The Kier molecular flexibility index (Phi) is 3.20. The van der Waals surface area contributed by atoms with Crippen molar-refractivity contribution >= 4 is 5.71 Å². The maximum absolute atomic E-state index is 5.07. The molecule has 0 saturated heterocycles. The first kappa shape index (κ1) is 12.2. The molecule has 1 heteroatoms. The highest BCUT2D eigenvalue weighted by Gasteiger charge is 2.31. The van der Waals surface area contributed by atoms with Gasteiger partial charge in [-0.15, -0.1) is 0 Å². The van der Waals surface area contributed by atoms with Crippen molar-refractivity contribution in [3.8, 4) is 0 Å². The molecule has 3 rings (SSSR count). The summed E-state index contributed by atoms with van der Waals surface area (Å²) in [4.78, 5) is 5.07. The van der Waals surface area contributed by atoms with Gasteiger partial charge in [0.15, 0.2) is 0 Å².